The van der Waals surface area contributed by atoms with Crippen molar-refractivity contribution in [3.8, 4) is 0 Å². The number of rotatable bonds is 2. The molecule has 1 heterocycles. The maximum atomic E-state index is 5.92. The molecule has 1 atom stereocenters. The van der Waals surface area contributed by atoms with Gasteiger partial charge in [-0.1, -0.05) is 24.3 Å². The Labute approximate surface area is 113 Å². The van der Waals surface area contributed by atoms with Gasteiger partial charge in [0.15, 0.2) is 0 Å². The van der Waals surface area contributed by atoms with Crippen LogP contribution in [0.4, 0.5) is 11.5 Å². The Hall–Kier alpha value is -2.03. The Balaban J connectivity index is 1.73. The molecule has 0 bridgehead atoms. The summed E-state index contributed by atoms with van der Waals surface area (Å²) < 4.78 is 0. The van der Waals surface area contributed by atoms with Crippen LogP contribution in [-0.2, 0) is 12.8 Å². The molecule has 2 aromatic rings. The third-order valence-electron chi connectivity index (χ3n) is 3.84. The number of fused-ring (bicyclic) bond motifs is 1. The minimum absolute atomic E-state index is 0.449. The van der Waals surface area contributed by atoms with Crippen LogP contribution >= 0.6 is 0 Å². The van der Waals surface area contributed by atoms with Crippen molar-refractivity contribution in [2.75, 3.05) is 11.1 Å². The van der Waals surface area contributed by atoms with Crippen molar-refractivity contribution in [2.45, 2.75) is 32.2 Å². The maximum Gasteiger partial charge on any atom is 0.128 e. The van der Waals surface area contributed by atoms with E-state index >= 15 is 0 Å². The molecule has 1 aliphatic carbocycles. The lowest BCUT2D eigenvalue weighted by Gasteiger charge is -2.26. The van der Waals surface area contributed by atoms with E-state index in [0.29, 0.717) is 6.04 Å². The maximum absolute atomic E-state index is 5.92. The van der Waals surface area contributed by atoms with E-state index in [-0.39, 0.29) is 0 Å². The zero-order valence-electron chi connectivity index (χ0n) is 11.2. The van der Waals surface area contributed by atoms with Crippen molar-refractivity contribution in [2.24, 2.45) is 0 Å². The first-order valence-corrected chi connectivity index (χ1v) is 6.78. The summed E-state index contributed by atoms with van der Waals surface area (Å²) in [6, 6.07) is 11.1. The third kappa shape index (κ3) is 2.55. The summed E-state index contributed by atoms with van der Waals surface area (Å²) in [5.74, 6) is 0.882. The Morgan fingerprint density at radius 3 is 2.84 bits per heavy atom. The molecule has 19 heavy (non-hydrogen) atoms. The van der Waals surface area contributed by atoms with E-state index in [0.717, 1.165) is 36.3 Å². The molecule has 0 saturated heterocycles. The highest BCUT2D eigenvalue weighted by Crippen LogP contribution is 2.24. The zero-order valence-corrected chi connectivity index (χ0v) is 11.2. The summed E-state index contributed by atoms with van der Waals surface area (Å²) >= 11 is 0. The number of nitrogens with zero attached hydrogens (tertiary/aromatic N) is 1. The predicted molar refractivity (Wildman–Crippen MR) is 79.3 cm³/mol. The van der Waals surface area contributed by atoms with Crippen LogP contribution in [0.3, 0.4) is 0 Å². The molecule has 98 valence electrons. The Morgan fingerprint density at radius 1 is 1.26 bits per heavy atom. The van der Waals surface area contributed by atoms with Gasteiger partial charge in [-0.05, 0) is 42.9 Å². The van der Waals surface area contributed by atoms with E-state index in [1.54, 1.807) is 0 Å². The Kier molecular flexibility index (Phi) is 3.11. The normalized spacial score (nSPS) is 17.8. The molecule has 1 unspecified atom stereocenters. The van der Waals surface area contributed by atoms with Crippen LogP contribution in [0.5, 0.6) is 0 Å². The highest BCUT2D eigenvalue weighted by atomic mass is 15.0. The van der Waals surface area contributed by atoms with E-state index in [9.17, 15) is 0 Å². The number of nitrogen functional groups attached to an aromatic ring is 1. The molecule has 0 radical (unpaired) electrons. The predicted octanol–water partition coefficient (Wildman–Crippen LogP) is 2.94. The van der Waals surface area contributed by atoms with Gasteiger partial charge in [0.2, 0.25) is 0 Å². The summed E-state index contributed by atoms with van der Waals surface area (Å²) in [5, 5.41) is 3.50. The fraction of sp³-hybridized carbons (Fsp3) is 0.312. The second kappa shape index (κ2) is 4.92. The van der Waals surface area contributed by atoms with Crippen LogP contribution in [0.25, 0.3) is 0 Å². The smallest absolute Gasteiger partial charge is 0.128 e. The Bertz CT molecular complexity index is 592. The third-order valence-corrected chi connectivity index (χ3v) is 3.84. The molecule has 1 aliphatic rings. The van der Waals surface area contributed by atoms with E-state index in [4.69, 9.17) is 5.73 Å². The molecular weight excluding hydrogens is 234 g/mol. The summed E-state index contributed by atoms with van der Waals surface area (Å²) in [4.78, 5) is 4.40. The molecule has 0 amide bonds. The number of aryl methyl sites for hydroxylation is 2. The quantitative estimate of drug-likeness (QED) is 0.865. The first kappa shape index (κ1) is 12.0. The molecule has 0 fully saturated rings. The molecule has 0 aliphatic heterocycles. The molecule has 1 aromatic carbocycles. The number of hydrogen-bond donors (Lipinski definition) is 2. The van der Waals surface area contributed by atoms with Crippen LogP contribution < -0.4 is 11.1 Å². The standard InChI is InChI=1S/C16H19N3/c1-11-10-18-16(9-15(11)17)19-14-7-6-12-4-2-3-5-13(12)8-14/h2-5,9-10,14H,6-8H2,1H3,(H3,17,18,19). The van der Waals surface area contributed by atoms with Gasteiger partial charge in [-0.3, -0.25) is 0 Å². The van der Waals surface area contributed by atoms with Crippen molar-refractivity contribution >= 4 is 11.5 Å². The number of aromatic nitrogens is 1. The number of hydrogen-bond acceptors (Lipinski definition) is 3. The van der Waals surface area contributed by atoms with Gasteiger partial charge >= 0.3 is 0 Å². The monoisotopic (exact) mass is 253 g/mol. The van der Waals surface area contributed by atoms with Crippen LogP contribution in [0.1, 0.15) is 23.1 Å². The van der Waals surface area contributed by atoms with Crippen molar-refractivity contribution < 1.29 is 0 Å². The minimum Gasteiger partial charge on any atom is -0.398 e. The summed E-state index contributed by atoms with van der Waals surface area (Å²) in [6.45, 7) is 1.98. The van der Waals surface area contributed by atoms with Gasteiger partial charge in [-0.15, -0.1) is 0 Å². The molecular formula is C16H19N3. The fourth-order valence-corrected chi connectivity index (χ4v) is 2.65. The molecule has 0 spiro atoms. The van der Waals surface area contributed by atoms with Gasteiger partial charge in [-0.25, -0.2) is 4.98 Å². The summed E-state index contributed by atoms with van der Waals surface area (Å²) in [6.07, 6.45) is 5.17. The lowest BCUT2D eigenvalue weighted by molar-refractivity contribution is 0.609. The summed E-state index contributed by atoms with van der Waals surface area (Å²) in [5.41, 5.74) is 10.7. The van der Waals surface area contributed by atoms with Crippen LogP contribution in [0.2, 0.25) is 0 Å². The van der Waals surface area contributed by atoms with Gasteiger partial charge in [0.1, 0.15) is 5.82 Å². The van der Waals surface area contributed by atoms with E-state index in [2.05, 4.69) is 34.6 Å². The Morgan fingerprint density at radius 2 is 2.05 bits per heavy atom. The average Bonchev–Trinajstić information content (AvgIpc) is 2.43. The molecule has 1 aromatic heterocycles. The topological polar surface area (TPSA) is 50.9 Å². The minimum atomic E-state index is 0.449. The number of pyridine rings is 1. The number of anilines is 2. The number of benzene rings is 1. The van der Waals surface area contributed by atoms with Gasteiger partial charge in [-0.2, -0.15) is 0 Å². The van der Waals surface area contributed by atoms with Crippen molar-refractivity contribution in [3.05, 3.63) is 53.2 Å². The van der Waals surface area contributed by atoms with Crippen LogP contribution in [0, 0.1) is 6.92 Å². The van der Waals surface area contributed by atoms with Gasteiger partial charge < -0.3 is 11.1 Å². The summed E-state index contributed by atoms with van der Waals surface area (Å²) in [7, 11) is 0. The lowest BCUT2D eigenvalue weighted by Crippen LogP contribution is -2.27. The molecule has 3 nitrogen and oxygen atoms in total. The lowest BCUT2D eigenvalue weighted by atomic mass is 9.88. The van der Waals surface area contributed by atoms with E-state index in [1.165, 1.54) is 11.1 Å². The number of nitrogens with two attached hydrogens (primary N) is 1. The fourth-order valence-electron chi connectivity index (χ4n) is 2.65. The van der Waals surface area contributed by atoms with Gasteiger partial charge in [0, 0.05) is 24.0 Å². The van der Waals surface area contributed by atoms with Crippen LogP contribution in [-0.4, -0.2) is 11.0 Å². The van der Waals surface area contributed by atoms with Crippen molar-refractivity contribution in [1.29, 1.82) is 0 Å². The highest BCUT2D eigenvalue weighted by Gasteiger charge is 2.18. The first-order valence-electron chi connectivity index (χ1n) is 6.78. The molecule has 3 rings (SSSR count). The largest absolute Gasteiger partial charge is 0.398 e. The SMILES string of the molecule is Cc1cnc(NC2CCc3ccccc3C2)cc1N. The van der Waals surface area contributed by atoms with Gasteiger partial charge in [0.05, 0.1) is 0 Å². The van der Waals surface area contributed by atoms with E-state index in [1.807, 2.05) is 19.2 Å². The van der Waals surface area contributed by atoms with Crippen LogP contribution in [0.15, 0.2) is 36.5 Å². The highest BCUT2D eigenvalue weighted by molar-refractivity contribution is 5.54. The van der Waals surface area contributed by atoms with Gasteiger partial charge in [0.25, 0.3) is 0 Å². The second-order valence-corrected chi connectivity index (χ2v) is 5.28. The first-order chi connectivity index (χ1) is 9.22. The molecule has 0 saturated carbocycles. The second-order valence-electron chi connectivity index (χ2n) is 5.28. The zero-order chi connectivity index (χ0) is 13.2. The van der Waals surface area contributed by atoms with E-state index < -0.39 is 0 Å². The average molecular weight is 253 g/mol. The molecule has 3 heteroatoms. The van der Waals surface area contributed by atoms with Crippen molar-refractivity contribution in [3.63, 3.8) is 0 Å². The molecule has 3 N–H and O–H groups in total. The van der Waals surface area contributed by atoms with Crippen molar-refractivity contribution in [1.82, 2.24) is 4.98 Å². The number of nitrogens with one attached hydrogen (secondary N) is 1.